The zero-order chi connectivity index (χ0) is 11.1. The van der Waals surface area contributed by atoms with Gasteiger partial charge in [-0.2, -0.15) is 4.31 Å². The Bertz CT molecular complexity index is 260. The average molecular weight is 232 g/mol. The van der Waals surface area contributed by atoms with Gasteiger partial charge in [0.2, 0.25) is 0 Å². The van der Waals surface area contributed by atoms with Gasteiger partial charge in [0.15, 0.2) is 0 Å². The third kappa shape index (κ3) is 14.6. The molecule has 9 heteroatoms. The smallest absolute Gasteiger partial charge is 0.302 e. The molecule has 0 aliphatic carbocycles. The molecule has 78 valence electrons. The monoisotopic (exact) mass is 232 g/mol. The predicted octanol–water partition coefficient (Wildman–Crippen LogP) is 0.800. The van der Waals surface area contributed by atoms with Crippen molar-refractivity contribution in [3.8, 4) is 0 Å². The summed E-state index contributed by atoms with van der Waals surface area (Å²) >= 11 is 0. The highest BCUT2D eigenvalue weighted by Crippen LogP contribution is 2.56. The van der Waals surface area contributed by atoms with E-state index in [1.165, 1.54) is 0 Å². The normalized spacial score (nSPS) is 14.8. The Hall–Kier alpha value is -0.220. The molecule has 3 N–H and O–H groups in total. The van der Waals surface area contributed by atoms with E-state index < -0.39 is 15.6 Å². The lowest BCUT2D eigenvalue weighted by atomic mass is 11.0. The lowest BCUT2D eigenvalue weighted by Gasteiger charge is -2.08. The van der Waals surface area contributed by atoms with Crippen molar-refractivity contribution in [2.24, 2.45) is 0 Å². The fourth-order valence-electron chi connectivity index (χ4n) is 0.168. The number of phosphoric acid groups is 2. The summed E-state index contributed by atoms with van der Waals surface area (Å²) in [5.41, 5.74) is 2.25. The van der Waals surface area contributed by atoms with E-state index in [-0.39, 0.29) is 0 Å². The van der Waals surface area contributed by atoms with Crippen LogP contribution in [0.15, 0.2) is 18.9 Å². The summed E-state index contributed by atoms with van der Waals surface area (Å²) < 4.78 is 27.1. The molecule has 0 aromatic rings. The molecule has 1 atom stereocenters. The highest BCUT2D eigenvalue weighted by molar-refractivity contribution is 7.60. The molecule has 0 amide bonds. The quantitative estimate of drug-likeness (QED) is 0.487. The van der Waals surface area contributed by atoms with Gasteiger partial charge in [-0.05, 0) is 0 Å². The molecule has 0 saturated carbocycles. The summed E-state index contributed by atoms with van der Waals surface area (Å²) in [5.74, 6) is 0. The average Bonchev–Trinajstić information content (AvgIpc) is 1.84. The van der Waals surface area contributed by atoms with Crippen molar-refractivity contribution < 1.29 is 32.6 Å². The topological polar surface area (TPSA) is 113 Å². The van der Waals surface area contributed by atoms with Crippen LogP contribution in [0.25, 0.3) is 0 Å². The Morgan fingerprint density at radius 1 is 1.23 bits per heavy atom. The van der Waals surface area contributed by atoms with Crippen LogP contribution in [0, 0.1) is 0 Å². The first kappa shape index (κ1) is 15.3. The minimum absolute atomic E-state index is 0.788. The summed E-state index contributed by atoms with van der Waals surface area (Å²) in [7, 11) is -8.71. The molecule has 13 heavy (non-hydrogen) atoms. The van der Waals surface area contributed by atoms with Crippen LogP contribution in [0.4, 0.5) is 0 Å². The summed E-state index contributed by atoms with van der Waals surface area (Å²) in [5, 5.41) is 0. The Morgan fingerprint density at radius 2 is 1.54 bits per heavy atom. The first-order valence-corrected chi connectivity index (χ1v) is 5.65. The molecule has 0 heterocycles. The Morgan fingerprint density at radius 3 is 1.62 bits per heavy atom. The van der Waals surface area contributed by atoms with E-state index in [1.807, 2.05) is 0 Å². The van der Waals surface area contributed by atoms with Crippen LogP contribution in [-0.2, 0) is 18.0 Å². The van der Waals surface area contributed by atoms with Gasteiger partial charge in [0, 0.05) is 7.11 Å². The molecular formula is C4H10O7P2. The molecule has 0 aliphatic rings. The number of hydrogen-bond acceptors (Lipinski definition) is 4. The predicted molar refractivity (Wildman–Crippen MR) is 44.7 cm³/mol. The largest absolute Gasteiger partial charge is 0.480 e. The zero-order valence-corrected chi connectivity index (χ0v) is 8.57. The maximum absolute atomic E-state index is 10.2. The van der Waals surface area contributed by atoms with Crippen molar-refractivity contribution in [2.45, 2.75) is 0 Å². The third-order valence-corrected chi connectivity index (χ3v) is 2.58. The zero-order valence-electron chi connectivity index (χ0n) is 6.78. The SMILES string of the molecule is C=C=C.COP(=O)(O)OP(=O)(O)O. The van der Waals surface area contributed by atoms with Crippen molar-refractivity contribution in [3.63, 3.8) is 0 Å². The molecule has 0 aromatic heterocycles. The second kappa shape index (κ2) is 6.27. The lowest BCUT2D eigenvalue weighted by Crippen LogP contribution is -1.88. The van der Waals surface area contributed by atoms with Gasteiger partial charge in [0.1, 0.15) is 0 Å². The van der Waals surface area contributed by atoms with E-state index >= 15 is 0 Å². The summed E-state index contributed by atoms with van der Waals surface area (Å²) in [6, 6.07) is 0. The summed E-state index contributed by atoms with van der Waals surface area (Å²) in [6.45, 7) is 6.25. The molecule has 7 nitrogen and oxygen atoms in total. The highest BCUT2D eigenvalue weighted by Gasteiger charge is 2.30. The maximum Gasteiger partial charge on any atom is 0.480 e. The fraction of sp³-hybridized carbons (Fsp3) is 0.250. The van der Waals surface area contributed by atoms with Crippen LogP contribution >= 0.6 is 15.6 Å². The van der Waals surface area contributed by atoms with Crippen LogP contribution in [0.3, 0.4) is 0 Å². The Labute approximate surface area is 75.2 Å². The molecule has 0 spiro atoms. The van der Waals surface area contributed by atoms with Gasteiger partial charge in [-0.15, -0.1) is 5.73 Å². The van der Waals surface area contributed by atoms with Crippen LogP contribution in [0.2, 0.25) is 0 Å². The molecular weight excluding hydrogens is 222 g/mol. The maximum atomic E-state index is 10.2. The molecule has 0 rings (SSSR count). The standard InChI is InChI=1S/C3H4.CH6O7P2/c1-3-2;1-7-10(5,6)8-9(2,3)4/h1-2H2;1H3,(H,5,6)(H2,2,3,4). The van der Waals surface area contributed by atoms with Crippen molar-refractivity contribution in [1.29, 1.82) is 0 Å². The van der Waals surface area contributed by atoms with E-state index in [4.69, 9.17) is 14.7 Å². The number of rotatable bonds is 3. The molecule has 0 aliphatic heterocycles. The van der Waals surface area contributed by atoms with Gasteiger partial charge in [0.05, 0.1) is 0 Å². The molecule has 0 bridgehead atoms. The van der Waals surface area contributed by atoms with Crippen LogP contribution in [0.1, 0.15) is 0 Å². The van der Waals surface area contributed by atoms with E-state index in [0.717, 1.165) is 7.11 Å². The first-order chi connectivity index (χ1) is 5.68. The molecule has 0 radical (unpaired) electrons. The van der Waals surface area contributed by atoms with E-state index in [1.54, 1.807) is 0 Å². The Kier molecular flexibility index (Phi) is 7.36. The third-order valence-electron chi connectivity index (χ3n) is 0.440. The van der Waals surface area contributed by atoms with E-state index in [9.17, 15) is 9.13 Å². The summed E-state index contributed by atoms with van der Waals surface area (Å²) in [4.78, 5) is 24.2. The van der Waals surface area contributed by atoms with Crippen LogP contribution < -0.4 is 0 Å². The fourth-order valence-corrected chi connectivity index (χ4v) is 1.51. The van der Waals surface area contributed by atoms with Crippen molar-refractivity contribution in [1.82, 2.24) is 0 Å². The van der Waals surface area contributed by atoms with Crippen molar-refractivity contribution in [3.05, 3.63) is 18.9 Å². The number of hydrogen-bond donors (Lipinski definition) is 3. The van der Waals surface area contributed by atoms with Gasteiger partial charge >= 0.3 is 15.6 Å². The first-order valence-electron chi connectivity index (χ1n) is 2.63. The van der Waals surface area contributed by atoms with Crippen LogP contribution in [0.5, 0.6) is 0 Å². The highest BCUT2D eigenvalue weighted by atomic mass is 31.3. The summed E-state index contributed by atoms with van der Waals surface area (Å²) in [6.07, 6.45) is 0. The minimum atomic E-state index is -4.94. The van der Waals surface area contributed by atoms with Gasteiger partial charge in [-0.1, -0.05) is 13.2 Å². The van der Waals surface area contributed by atoms with Crippen LogP contribution in [-0.4, -0.2) is 21.8 Å². The van der Waals surface area contributed by atoms with Gasteiger partial charge < -0.3 is 14.7 Å². The van der Waals surface area contributed by atoms with Gasteiger partial charge in [0.25, 0.3) is 0 Å². The molecule has 0 aromatic carbocycles. The van der Waals surface area contributed by atoms with E-state index in [0.29, 0.717) is 0 Å². The van der Waals surface area contributed by atoms with Crippen molar-refractivity contribution in [2.75, 3.05) is 7.11 Å². The molecule has 0 saturated heterocycles. The van der Waals surface area contributed by atoms with Crippen molar-refractivity contribution >= 4 is 15.6 Å². The van der Waals surface area contributed by atoms with Gasteiger partial charge in [-0.3, -0.25) is 4.52 Å². The Balaban J connectivity index is 0. The molecule has 1 unspecified atom stereocenters. The lowest BCUT2D eigenvalue weighted by molar-refractivity contribution is 0.203. The second-order valence-electron chi connectivity index (χ2n) is 1.47. The molecule has 0 fully saturated rings. The number of phosphoric ester groups is 1. The van der Waals surface area contributed by atoms with Gasteiger partial charge in [-0.25, -0.2) is 9.13 Å². The second-order valence-corrected chi connectivity index (χ2v) is 4.41. The van der Waals surface area contributed by atoms with E-state index in [2.05, 4.69) is 27.7 Å². The minimum Gasteiger partial charge on any atom is -0.302 e.